The second-order valence-electron chi connectivity index (χ2n) is 3.96. The lowest BCUT2D eigenvalue weighted by molar-refractivity contribution is 0.500. The van der Waals surface area contributed by atoms with Crippen LogP contribution in [0.2, 0.25) is 0 Å². The Kier molecular flexibility index (Phi) is 3.75. The molecule has 2 rings (SSSR count). The summed E-state index contributed by atoms with van der Waals surface area (Å²) in [5.74, 6) is 0. The molecular weight excluding hydrogens is 270 g/mol. The Morgan fingerprint density at radius 3 is 3.07 bits per heavy atom. The molecule has 3 heteroatoms. The van der Waals surface area contributed by atoms with Crippen LogP contribution in [-0.4, -0.2) is 11.8 Å². The molecular formula is C12H16BrNS. The highest BCUT2D eigenvalue weighted by atomic mass is 79.9. The molecule has 1 nitrogen and oxygen atoms in total. The van der Waals surface area contributed by atoms with Crippen molar-refractivity contribution in [1.82, 2.24) is 5.32 Å². The molecule has 1 N–H and O–H groups in total. The van der Waals surface area contributed by atoms with Crippen LogP contribution in [0.1, 0.15) is 31.9 Å². The molecule has 0 amide bonds. The SMILES string of the molecule is CCNC1CC(C)Sc2ccc(Br)cc21. The second kappa shape index (κ2) is 4.89. The van der Waals surface area contributed by atoms with Crippen molar-refractivity contribution in [1.29, 1.82) is 0 Å². The predicted molar refractivity (Wildman–Crippen MR) is 70.5 cm³/mol. The fourth-order valence-electron chi connectivity index (χ4n) is 2.06. The molecule has 0 aliphatic carbocycles. The number of hydrogen-bond acceptors (Lipinski definition) is 2. The molecule has 1 heterocycles. The van der Waals surface area contributed by atoms with Crippen LogP contribution in [0, 0.1) is 0 Å². The molecule has 1 aliphatic heterocycles. The molecule has 1 aromatic carbocycles. The average molecular weight is 286 g/mol. The summed E-state index contributed by atoms with van der Waals surface area (Å²) in [4.78, 5) is 1.43. The Hall–Kier alpha value is 0.01000. The summed E-state index contributed by atoms with van der Waals surface area (Å²) in [6.07, 6.45) is 1.22. The molecule has 1 aromatic rings. The minimum Gasteiger partial charge on any atom is -0.310 e. The van der Waals surface area contributed by atoms with E-state index in [4.69, 9.17) is 0 Å². The van der Waals surface area contributed by atoms with Crippen molar-refractivity contribution in [3.8, 4) is 0 Å². The molecule has 0 spiro atoms. The largest absolute Gasteiger partial charge is 0.310 e. The monoisotopic (exact) mass is 285 g/mol. The topological polar surface area (TPSA) is 12.0 Å². The summed E-state index contributed by atoms with van der Waals surface area (Å²) < 4.78 is 1.18. The van der Waals surface area contributed by atoms with Crippen molar-refractivity contribution >= 4 is 27.7 Å². The van der Waals surface area contributed by atoms with E-state index < -0.39 is 0 Å². The lowest BCUT2D eigenvalue weighted by Crippen LogP contribution is -2.26. The summed E-state index contributed by atoms with van der Waals surface area (Å²) in [6, 6.07) is 7.14. The van der Waals surface area contributed by atoms with Crippen LogP contribution in [0.5, 0.6) is 0 Å². The zero-order valence-corrected chi connectivity index (χ0v) is 11.5. The zero-order valence-electron chi connectivity index (χ0n) is 9.09. The lowest BCUT2D eigenvalue weighted by Gasteiger charge is -2.29. The summed E-state index contributed by atoms with van der Waals surface area (Å²) >= 11 is 5.54. The van der Waals surface area contributed by atoms with Crippen LogP contribution in [0.3, 0.4) is 0 Å². The van der Waals surface area contributed by atoms with Crippen LogP contribution >= 0.6 is 27.7 Å². The number of rotatable bonds is 2. The van der Waals surface area contributed by atoms with Crippen molar-refractivity contribution in [3.63, 3.8) is 0 Å². The summed E-state index contributed by atoms with van der Waals surface area (Å²) in [6.45, 7) is 5.51. The van der Waals surface area contributed by atoms with Crippen molar-refractivity contribution in [2.45, 2.75) is 36.5 Å². The molecule has 15 heavy (non-hydrogen) atoms. The second-order valence-corrected chi connectivity index (χ2v) is 6.35. The Morgan fingerprint density at radius 1 is 1.53 bits per heavy atom. The zero-order chi connectivity index (χ0) is 10.8. The fraction of sp³-hybridized carbons (Fsp3) is 0.500. The minimum atomic E-state index is 0.527. The van der Waals surface area contributed by atoms with E-state index in [1.54, 1.807) is 0 Å². The molecule has 0 saturated heterocycles. The lowest BCUT2D eigenvalue weighted by atomic mass is 10.0. The normalized spacial score (nSPS) is 25.0. The van der Waals surface area contributed by atoms with E-state index in [2.05, 4.69) is 53.3 Å². The van der Waals surface area contributed by atoms with Crippen LogP contribution in [-0.2, 0) is 0 Å². The quantitative estimate of drug-likeness (QED) is 0.882. The summed E-state index contributed by atoms with van der Waals surface area (Å²) in [5, 5.41) is 4.27. The first-order valence-electron chi connectivity index (χ1n) is 5.40. The maximum Gasteiger partial charge on any atom is 0.0342 e. The third kappa shape index (κ3) is 2.58. The summed E-state index contributed by atoms with van der Waals surface area (Å²) in [7, 11) is 0. The minimum absolute atomic E-state index is 0.527. The smallest absolute Gasteiger partial charge is 0.0342 e. The maximum absolute atomic E-state index is 3.56. The van der Waals surface area contributed by atoms with Crippen molar-refractivity contribution < 1.29 is 0 Å². The first-order chi connectivity index (χ1) is 7.20. The number of hydrogen-bond donors (Lipinski definition) is 1. The fourth-order valence-corrected chi connectivity index (χ4v) is 3.65. The van der Waals surface area contributed by atoms with E-state index in [9.17, 15) is 0 Å². The van der Waals surface area contributed by atoms with Gasteiger partial charge >= 0.3 is 0 Å². The number of halogens is 1. The third-order valence-electron chi connectivity index (χ3n) is 2.69. The molecule has 0 fully saturated rings. The highest BCUT2D eigenvalue weighted by Crippen LogP contribution is 2.41. The van der Waals surface area contributed by atoms with Crippen LogP contribution in [0.15, 0.2) is 27.6 Å². The number of nitrogens with one attached hydrogen (secondary N) is 1. The van der Waals surface area contributed by atoms with Gasteiger partial charge in [0.1, 0.15) is 0 Å². The first kappa shape index (κ1) is 11.5. The van der Waals surface area contributed by atoms with Gasteiger partial charge in [0, 0.05) is 20.7 Å². The van der Waals surface area contributed by atoms with Gasteiger partial charge in [-0.25, -0.2) is 0 Å². The highest BCUT2D eigenvalue weighted by molar-refractivity contribution is 9.10. The van der Waals surface area contributed by atoms with Gasteiger partial charge in [0.15, 0.2) is 0 Å². The highest BCUT2D eigenvalue weighted by Gasteiger charge is 2.24. The van der Waals surface area contributed by atoms with Gasteiger partial charge in [-0.3, -0.25) is 0 Å². The van der Waals surface area contributed by atoms with E-state index in [1.807, 2.05) is 11.8 Å². The molecule has 2 atom stereocenters. The summed E-state index contributed by atoms with van der Waals surface area (Å²) in [5.41, 5.74) is 1.45. The molecule has 0 saturated carbocycles. The first-order valence-corrected chi connectivity index (χ1v) is 7.07. The van der Waals surface area contributed by atoms with E-state index in [0.29, 0.717) is 11.3 Å². The van der Waals surface area contributed by atoms with Crippen LogP contribution in [0.25, 0.3) is 0 Å². The number of benzene rings is 1. The van der Waals surface area contributed by atoms with E-state index in [1.165, 1.54) is 21.4 Å². The maximum atomic E-state index is 3.56. The number of thioether (sulfide) groups is 1. The Labute approximate surface area is 104 Å². The molecule has 2 unspecified atom stereocenters. The number of fused-ring (bicyclic) bond motifs is 1. The van der Waals surface area contributed by atoms with Gasteiger partial charge in [0.25, 0.3) is 0 Å². The standard InChI is InChI=1S/C12H16BrNS/c1-3-14-11-6-8(2)15-12-5-4-9(13)7-10(11)12/h4-5,7-8,11,14H,3,6H2,1-2H3. The predicted octanol–water partition coefficient (Wildman–Crippen LogP) is 3.98. The Morgan fingerprint density at radius 2 is 2.33 bits per heavy atom. The molecule has 82 valence electrons. The third-order valence-corrected chi connectivity index (χ3v) is 4.41. The van der Waals surface area contributed by atoms with Gasteiger partial charge < -0.3 is 5.32 Å². The Balaban J connectivity index is 2.34. The van der Waals surface area contributed by atoms with E-state index in [0.717, 1.165) is 6.54 Å². The van der Waals surface area contributed by atoms with Gasteiger partial charge in [-0.05, 0) is 36.7 Å². The Bertz CT molecular complexity index is 353. The van der Waals surface area contributed by atoms with Gasteiger partial charge in [0.2, 0.25) is 0 Å². The van der Waals surface area contributed by atoms with E-state index in [-0.39, 0.29) is 0 Å². The van der Waals surface area contributed by atoms with Crippen LogP contribution in [0.4, 0.5) is 0 Å². The van der Waals surface area contributed by atoms with Crippen molar-refractivity contribution in [3.05, 3.63) is 28.2 Å². The van der Waals surface area contributed by atoms with Gasteiger partial charge in [-0.2, -0.15) is 0 Å². The molecule has 1 aliphatic rings. The van der Waals surface area contributed by atoms with Crippen LogP contribution < -0.4 is 5.32 Å². The van der Waals surface area contributed by atoms with Gasteiger partial charge in [-0.1, -0.05) is 29.8 Å². The molecule has 0 bridgehead atoms. The van der Waals surface area contributed by atoms with Gasteiger partial charge in [0.05, 0.1) is 0 Å². The van der Waals surface area contributed by atoms with E-state index >= 15 is 0 Å². The van der Waals surface area contributed by atoms with Gasteiger partial charge in [-0.15, -0.1) is 11.8 Å². The average Bonchev–Trinajstić information content (AvgIpc) is 2.19. The van der Waals surface area contributed by atoms with Crippen molar-refractivity contribution in [2.75, 3.05) is 6.54 Å². The van der Waals surface area contributed by atoms with Crippen molar-refractivity contribution in [2.24, 2.45) is 0 Å². The molecule has 0 radical (unpaired) electrons. The molecule has 0 aromatic heterocycles.